The molecule has 140 valence electrons. The number of hydrogen-bond donors (Lipinski definition) is 0. The Kier molecular flexibility index (Phi) is 3.53. The third-order valence-corrected chi connectivity index (χ3v) is 7.35. The number of carbonyl (C=O) groups excluding carboxylic acids is 1. The molecule has 1 aromatic rings. The van der Waals surface area contributed by atoms with Gasteiger partial charge in [0.15, 0.2) is 0 Å². The van der Waals surface area contributed by atoms with E-state index >= 15 is 0 Å². The molecule has 5 heteroatoms. The molecular formula is C21H26F2N2O. The summed E-state index contributed by atoms with van der Waals surface area (Å²) in [5, 5.41) is 4.02. The van der Waals surface area contributed by atoms with Gasteiger partial charge in [0.25, 0.3) is 5.91 Å². The topological polar surface area (TPSA) is 23.6 Å². The SMILES string of the molecule is CC1(C)C(=O)N(C2C3CC4CC(C3)CC2C4)N1Cc1cc(F)cc(F)c1. The van der Waals surface area contributed by atoms with Gasteiger partial charge in [0.2, 0.25) is 0 Å². The Hall–Kier alpha value is -1.49. The normalized spacial score (nSPS) is 37.9. The molecule has 4 bridgehead atoms. The van der Waals surface area contributed by atoms with Gasteiger partial charge in [-0.05, 0) is 87.3 Å². The Morgan fingerprint density at radius 3 is 2.04 bits per heavy atom. The molecule has 1 aliphatic heterocycles. The summed E-state index contributed by atoms with van der Waals surface area (Å²) in [5.41, 5.74) is -0.0332. The molecule has 4 aliphatic carbocycles. The van der Waals surface area contributed by atoms with Crippen molar-refractivity contribution in [3.05, 3.63) is 35.4 Å². The Morgan fingerprint density at radius 2 is 1.50 bits per heavy atom. The fourth-order valence-electron chi connectivity index (χ4n) is 6.47. The van der Waals surface area contributed by atoms with Gasteiger partial charge in [0, 0.05) is 12.6 Å². The third kappa shape index (κ3) is 2.35. The van der Waals surface area contributed by atoms with E-state index < -0.39 is 17.2 Å². The number of hydrogen-bond acceptors (Lipinski definition) is 2. The molecule has 1 aromatic carbocycles. The van der Waals surface area contributed by atoms with Crippen molar-refractivity contribution in [3.63, 3.8) is 0 Å². The van der Waals surface area contributed by atoms with Crippen LogP contribution in [0.1, 0.15) is 51.5 Å². The van der Waals surface area contributed by atoms with Gasteiger partial charge in [-0.3, -0.25) is 9.80 Å². The van der Waals surface area contributed by atoms with Crippen LogP contribution < -0.4 is 0 Å². The fourth-order valence-corrected chi connectivity index (χ4v) is 6.47. The summed E-state index contributed by atoms with van der Waals surface area (Å²) in [6.45, 7) is 4.20. The Labute approximate surface area is 153 Å². The van der Waals surface area contributed by atoms with E-state index in [4.69, 9.17) is 0 Å². The fraction of sp³-hybridized carbons (Fsp3) is 0.667. The van der Waals surface area contributed by atoms with Crippen molar-refractivity contribution in [2.45, 2.75) is 64.1 Å². The zero-order valence-electron chi connectivity index (χ0n) is 15.4. The van der Waals surface area contributed by atoms with Gasteiger partial charge in [0.1, 0.15) is 17.2 Å². The van der Waals surface area contributed by atoms with E-state index in [-0.39, 0.29) is 11.9 Å². The van der Waals surface area contributed by atoms with Gasteiger partial charge >= 0.3 is 0 Å². The van der Waals surface area contributed by atoms with Crippen LogP contribution in [-0.2, 0) is 11.3 Å². The van der Waals surface area contributed by atoms with E-state index in [0.717, 1.165) is 17.9 Å². The highest BCUT2D eigenvalue weighted by atomic mass is 19.1. The number of hydrazine groups is 1. The maximum atomic E-state index is 13.6. The summed E-state index contributed by atoms with van der Waals surface area (Å²) in [4.78, 5) is 13.0. The van der Waals surface area contributed by atoms with Gasteiger partial charge in [-0.1, -0.05) is 0 Å². The summed E-state index contributed by atoms with van der Waals surface area (Å²) >= 11 is 0. The van der Waals surface area contributed by atoms with Crippen molar-refractivity contribution >= 4 is 5.91 Å². The second-order valence-electron chi connectivity index (χ2n) is 9.47. The molecule has 0 N–H and O–H groups in total. The zero-order valence-corrected chi connectivity index (χ0v) is 15.4. The van der Waals surface area contributed by atoms with E-state index in [1.165, 1.54) is 44.2 Å². The number of carbonyl (C=O) groups is 1. The molecule has 4 saturated carbocycles. The molecule has 1 heterocycles. The molecule has 5 aliphatic rings. The van der Waals surface area contributed by atoms with E-state index in [2.05, 4.69) is 5.01 Å². The van der Waals surface area contributed by atoms with Crippen LogP contribution >= 0.6 is 0 Å². The first-order valence-electron chi connectivity index (χ1n) is 9.89. The summed E-state index contributed by atoms with van der Waals surface area (Å²) in [6, 6.07) is 3.92. The second kappa shape index (κ2) is 5.51. The van der Waals surface area contributed by atoms with Crippen molar-refractivity contribution in [2.24, 2.45) is 23.7 Å². The molecule has 26 heavy (non-hydrogen) atoms. The molecule has 1 saturated heterocycles. The maximum absolute atomic E-state index is 13.6. The summed E-state index contributed by atoms with van der Waals surface area (Å²) < 4.78 is 27.2. The maximum Gasteiger partial charge on any atom is 0.258 e. The minimum atomic E-state index is -0.614. The van der Waals surface area contributed by atoms with Crippen LogP contribution in [0.15, 0.2) is 18.2 Å². The predicted molar refractivity (Wildman–Crippen MR) is 93.7 cm³/mol. The molecule has 5 fully saturated rings. The molecule has 0 unspecified atom stereocenters. The lowest BCUT2D eigenvalue weighted by molar-refractivity contribution is -0.251. The van der Waals surface area contributed by atoms with Gasteiger partial charge in [-0.2, -0.15) is 5.01 Å². The first-order valence-corrected chi connectivity index (χ1v) is 9.89. The van der Waals surface area contributed by atoms with Crippen LogP contribution in [0, 0.1) is 35.3 Å². The van der Waals surface area contributed by atoms with Crippen molar-refractivity contribution in [1.82, 2.24) is 10.0 Å². The smallest absolute Gasteiger partial charge is 0.258 e. The van der Waals surface area contributed by atoms with Crippen LogP contribution in [0.25, 0.3) is 0 Å². The van der Waals surface area contributed by atoms with Crippen LogP contribution in [0.3, 0.4) is 0 Å². The predicted octanol–water partition coefficient (Wildman–Crippen LogP) is 4.13. The van der Waals surface area contributed by atoms with Gasteiger partial charge in [0.05, 0.1) is 6.04 Å². The standard InChI is InChI=1S/C21H26F2N2O/c1-21(2)20(26)25(24(21)11-14-8-17(22)10-18(23)9-14)19-15-4-12-3-13(6-15)7-16(19)5-12/h8-10,12-13,15-16,19H,3-7,11H2,1-2H3. The second-order valence-corrected chi connectivity index (χ2v) is 9.47. The van der Waals surface area contributed by atoms with E-state index in [1.54, 1.807) is 0 Å². The van der Waals surface area contributed by atoms with Gasteiger partial charge < -0.3 is 0 Å². The molecular weight excluding hydrogens is 334 g/mol. The molecule has 1 amide bonds. The summed E-state index contributed by atoms with van der Waals surface area (Å²) in [6.07, 6.45) is 6.34. The lowest BCUT2D eigenvalue weighted by atomic mass is 9.53. The highest BCUT2D eigenvalue weighted by Crippen LogP contribution is 2.57. The van der Waals surface area contributed by atoms with Crippen LogP contribution in [0.4, 0.5) is 8.78 Å². The van der Waals surface area contributed by atoms with E-state index in [0.29, 0.717) is 23.9 Å². The average molecular weight is 360 g/mol. The number of benzene rings is 1. The van der Waals surface area contributed by atoms with Crippen molar-refractivity contribution < 1.29 is 13.6 Å². The largest absolute Gasteiger partial charge is 0.271 e. The van der Waals surface area contributed by atoms with Crippen LogP contribution in [0.2, 0.25) is 0 Å². The molecule has 0 atom stereocenters. The van der Waals surface area contributed by atoms with Gasteiger partial charge in [-0.15, -0.1) is 0 Å². The summed E-state index contributed by atoms with van der Waals surface area (Å²) in [5.74, 6) is 1.92. The zero-order chi connectivity index (χ0) is 18.2. The molecule has 0 aromatic heterocycles. The third-order valence-electron chi connectivity index (χ3n) is 7.35. The Balaban J connectivity index is 1.43. The number of nitrogens with zero attached hydrogens (tertiary/aromatic N) is 2. The minimum Gasteiger partial charge on any atom is -0.271 e. The number of halogens is 2. The van der Waals surface area contributed by atoms with Crippen molar-refractivity contribution in [2.75, 3.05) is 0 Å². The van der Waals surface area contributed by atoms with E-state index in [1.807, 2.05) is 18.9 Å². The highest BCUT2D eigenvalue weighted by molar-refractivity contribution is 5.90. The van der Waals surface area contributed by atoms with E-state index in [9.17, 15) is 13.6 Å². The average Bonchev–Trinajstić information content (AvgIpc) is 2.55. The first-order chi connectivity index (χ1) is 12.3. The first kappa shape index (κ1) is 16.7. The quantitative estimate of drug-likeness (QED) is 0.809. The molecule has 0 radical (unpaired) electrons. The number of amides is 1. The Bertz CT molecular complexity index is 714. The van der Waals surface area contributed by atoms with Gasteiger partial charge in [-0.25, -0.2) is 8.78 Å². The Morgan fingerprint density at radius 1 is 0.962 bits per heavy atom. The monoisotopic (exact) mass is 360 g/mol. The van der Waals surface area contributed by atoms with Crippen LogP contribution in [-0.4, -0.2) is 27.5 Å². The number of rotatable bonds is 3. The lowest BCUT2D eigenvalue weighted by Gasteiger charge is -2.65. The highest BCUT2D eigenvalue weighted by Gasteiger charge is 2.60. The molecule has 3 nitrogen and oxygen atoms in total. The van der Waals surface area contributed by atoms with Crippen molar-refractivity contribution in [3.8, 4) is 0 Å². The molecule has 0 spiro atoms. The van der Waals surface area contributed by atoms with Crippen LogP contribution in [0.5, 0.6) is 0 Å². The van der Waals surface area contributed by atoms with Crippen molar-refractivity contribution in [1.29, 1.82) is 0 Å². The lowest BCUT2D eigenvalue weighted by Crippen LogP contribution is -2.79. The minimum absolute atomic E-state index is 0.159. The molecule has 6 rings (SSSR count). The summed E-state index contributed by atoms with van der Waals surface area (Å²) in [7, 11) is 0.